The van der Waals surface area contributed by atoms with E-state index in [1.807, 2.05) is 37.3 Å². The fraction of sp³-hybridized carbons (Fsp3) is 0.179. The molecule has 0 saturated carbocycles. The molecular weight excluding hydrogens is 444 g/mol. The van der Waals surface area contributed by atoms with Crippen molar-refractivity contribution < 1.29 is 19.1 Å². The molecule has 1 aliphatic heterocycles. The fourth-order valence-electron chi connectivity index (χ4n) is 4.78. The van der Waals surface area contributed by atoms with E-state index in [0.717, 1.165) is 0 Å². The highest BCUT2D eigenvalue weighted by Gasteiger charge is 2.45. The number of ether oxygens (including phenoxy) is 2. The number of hydrogen-bond donors (Lipinski definition) is 0. The Kier molecular flexibility index (Phi) is 5.61. The van der Waals surface area contributed by atoms with Crippen LogP contribution in [-0.4, -0.2) is 28.2 Å². The largest absolute Gasteiger partial charge is 0.497 e. The first-order valence-corrected chi connectivity index (χ1v) is 11.2. The van der Waals surface area contributed by atoms with Crippen molar-refractivity contribution in [2.75, 3.05) is 7.11 Å². The molecule has 35 heavy (non-hydrogen) atoms. The van der Waals surface area contributed by atoms with Crippen molar-refractivity contribution in [2.24, 2.45) is 13.0 Å². The zero-order valence-corrected chi connectivity index (χ0v) is 19.6. The lowest BCUT2D eigenvalue weighted by atomic mass is 9.76. The summed E-state index contributed by atoms with van der Waals surface area (Å²) in [6.45, 7) is 1.82. The Morgan fingerprint density at radius 1 is 0.886 bits per heavy atom. The van der Waals surface area contributed by atoms with E-state index in [0.29, 0.717) is 33.8 Å². The molecule has 0 radical (unpaired) electrons. The van der Waals surface area contributed by atoms with Gasteiger partial charge in [0.1, 0.15) is 17.4 Å². The Labute approximate surface area is 202 Å². The van der Waals surface area contributed by atoms with Crippen molar-refractivity contribution in [3.05, 3.63) is 112 Å². The van der Waals surface area contributed by atoms with Gasteiger partial charge in [0.15, 0.2) is 5.78 Å². The standard InChI is InChI=1S/C28H24N2O5/c1-17-23(27(32)30(29(17)2)19-9-5-4-6-10-19)24(18-13-15-20(34-3)16-14-18)25-26(31)21-11-7-8-12-22(21)35-28(25)33/h4-16,24-25H,1-3H3. The monoisotopic (exact) mass is 468 g/mol. The second-order valence-electron chi connectivity index (χ2n) is 8.49. The summed E-state index contributed by atoms with van der Waals surface area (Å²) in [5.41, 5.74) is 2.39. The van der Waals surface area contributed by atoms with Crippen molar-refractivity contribution in [2.45, 2.75) is 12.8 Å². The topological polar surface area (TPSA) is 79.5 Å². The second-order valence-corrected chi connectivity index (χ2v) is 8.49. The summed E-state index contributed by atoms with van der Waals surface area (Å²) in [6, 6.07) is 23.0. The predicted molar refractivity (Wildman–Crippen MR) is 130 cm³/mol. The number of carbonyl (C=O) groups excluding carboxylic acids is 2. The van der Waals surface area contributed by atoms with Gasteiger partial charge in [-0.2, -0.15) is 0 Å². The average molecular weight is 469 g/mol. The number of benzene rings is 3. The molecule has 0 N–H and O–H groups in total. The van der Waals surface area contributed by atoms with Crippen LogP contribution in [0.15, 0.2) is 83.7 Å². The lowest BCUT2D eigenvalue weighted by Crippen LogP contribution is -2.39. The van der Waals surface area contributed by atoms with Crippen LogP contribution < -0.4 is 15.0 Å². The number of hydrogen-bond acceptors (Lipinski definition) is 5. The molecule has 4 aromatic rings. The van der Waals surface area contributed by atoms with E-state index in [1.54, 1.807) is 72.1 Å². The quantitative estimate of drug-likeness (QED) is 0.251. The Bertz CT molecular complexity index is 1480. The van der Waals surface area contributed by atoms with E-state index >= 15 is 0 Å². The van der Waals surface area contributed by atoms with Crippen LogP contribution in [0, 0.1) is 12.8 Å². The van der Waals surface area contributed by atoms with Gasteiger partial charge in [-0.25, -0.2) is 4.68 Å². The lowest BCUT2D eigenvalue weighted by Gasteiger charge is -2.29. The Morgan fingerprint density at radius 3 is 2.23 bits per heavy atom. The third-order valence-electron chi connectivity index (χ3n) is 6.62. The summed E-state index contributed by atoms with van der Waals surface area (Å²) >= 11 is 0. The highest BCUT2D eigenvalue weighted by atomic mass is 16.5. The summed E-state index contributed by atoms with van der Waals surface area (Å²) in [6.07, 6.45) is 0. The summed E-state index contributed by atoms with van der Waals surface area (Å²) in [5, 5.41) is 0. The molecule has 0 bridgehead atoms. The van der Waals surface area contributed by atoms with Crippen LogP contribution in [0.2, 0.25) is 0 Å². The lowest BCUT2D eigenvalue weighted by molar-refractivity contribution is -0.138. The van der Waals surface area contributed by atoms with Gasteiger partial charge in [0, 0.05) is 24.2 Å². The minimum atomic E-state index is -1.21. The third kappa shape index (κ3) is 3.65. The number of Topliss-reactive ketones (excluding diaryl/α,β-unsaturated/α-hetero) is 1. The zero-order chi connectivity index (χ0) is 24.7. The molecule has 1 aliphatic rings. The highest BCUT2D eigenvalue weighted by Crippen LogP contribution is 2.40. The smallest absolute Gasteiger partial charge is 0.323 e. The van der Waals surface area contributed by atoms with Crippen LogP contribution in [-0.2, 0) is 11.8 Å². The first kappa shape index (κ1) is 22.4. The molecule has 7 nitrogen and oxygen atoms in total. The van der Waals surface area contributed by atoms with Crippen LogP contribution in [0.1, 0.15) is 33.1 Å². The Morgan fingerprint density at radius 2 is 1.54 bits per heavy atom. The van der Waals surface area contributed by atoms with Gasteiger partial charge in [0.25, 0.3) is 5.56 Å². The minimum Gasteiger partial charge on any atom is -0.497 e. The number of nitrogens with zero attached hydrogens (tertiary/aromatic N) is 2. The molecule has 0 saturated heterocycles. The van der Waals surface area contributed by atoms with Crippen LogP contribution >= 0.6 is 0 Å². The van der Waals surface area contributed by atoms with E-state index in [4.69, 9.17) is 9.47 Å². The van der Waals surface area contributed by atoms with Crippen LogP contribution in [0.4, 0.5) is 0 Å². The SMILES string of the molecule is COc1ccc(C(c2c(C)n(C)n(-c3ccccc3)c2=O)C2C(=O)Oc3ccccc3C2=O)cc1. The van der Waals surface area contributed by atoms with Crippen LogP contribution in [0.25, 0.3) is 5.69 Å². The van der Waals surface area contributed by atoms with E-state index in [1.165, 1.54) is 0 Å². The predicted octanol–water partition coefficient (Wildman–Crippen LogP) is 4.04. The number of ketones is 1. The van der Waals surface area contributed by atoms with Gasteiger partial charge < -0.3 is 9.47 Å². The van der Waals surface area contributed by atoms with E-state index in [9.17, 15) is 14.4 Å². The van der Waals surface area contributed by atoms with Gasteiger partial charge >= 0.3 is 5.97 Å². The molecule has 0 fully saturated rings. The van der Waals surface area contributed by atoms with E-state index in [2.05, 4.69) is 0 Å². The first-order valence-electron chi connectivity index (χ1n) is 11.2. The molecule has 7 heteroatoms. The molecule has 1 aromatic heterocycles. The summed E-state index contributed by atoms with van der Waals surface area (Å²) in [5.74, 6) is -2.25. The van der Waals surface area contributed by atoms with E-state index in [-0.39, 0.29) is 17.1 Å². The van der Waals surface area contributed by atoms with Gasteiger partial charge in [-0.3, -0.25) is 19.1 Å². The number of para-hydroxylation sites is 2. The number of aromatic nitrogens is 2. The van der Waals surface area contributed by atoms with Crippen molar-refractivity contribution in [3.63, 3.8) is 0 Å². The highest BCUT2D eigenvalue weighted by molar-refractivity contribution is 6.14. The van der Waals surface area contributed by atoms with Gasteiger partial charge in [0.05, 0.1) is 18.4 Å². The molecule has 0 spiro atoms. The maximum atomic E-state index is 13.9. The zero-order valence-electron chi connectivity index (χ0n) is 19.6. The maximum Gasteiger partial charge on any atom is 0.323 e. The Balaban J connectivity index is 1.75. The first-order chi connectivity index (χ1) is 16.9. The molecule has 0 aliphatic carbocycles. The number of rotatable bonds is 5. The fourth-order valence-corrected chi connectivity index (χ4v) is 4.78. The molecule has 0 amide bonds. The molecule has 3 aromatic carbocycles. The van der Waals surface area contributed by atoms with Crippen molar-refractivity contribution >= 4 is 11.8 Å². The second kappa shape index (κ2) is 8.76. The van der Waals surface area contributed by atoms with Crippen LogP contribution in [0.3, 0.4) is 0 Å². The van der Waals surface area contributed by atoms with Crippen molar-refractivity contribution in [1.29, 1.82) is 0 Å². The molecule has 2 heterocycles. The Hall–Kier alpha value is -4.39. The molecule has 2 atom stereocenters. The average Bonchev–Trinajstić information content (AvgIpc) is 3.10. The minimum absolute atomic E-state index is 0.235. The van der Waals surface area contributed by atoms with Crippen molar-refractivity contribution in [1.82, 2.24) is 9.36 Å². The number of fused-ring (bicyclic) bond motifs is 1. The maximum absolute atomic E-state index is 13.9. The summed E-state index contributed by atoms with van der Waals surface area (Å²) in [4.78, 5) is 40.9. The van der Waals surface area contributed by atoms with Crippen molar-refractivity contribution in [3.8, 4) is 17.2 Å². The number of carbonyl (C=O) groups is 2. The number of esters is 1. The normalized spacial score (nSPS) is 15.9. The van der Waals surface area contributed by atoms with E-state index < -0.39 is 17.8 Å². The number of methoxy groups -OCH3 is 1. The summed E-state index contributed by atoms with van der Waals surface area (Å²) < 4.78 is 14.2. The summed E-state index contributed by atoms with van der Waals surface area (Å²) in [7, 11) is 3.35. The molecular formula is C28H24N2O5. The molecule has 176 valence electrons. The van der Waals surface area contributed by atoms with Gasteiger partial charge in [-0.05, 0) is 48.9 Å². The van der Waals surface area contributed by atoms with Gasteiger partial charge in [0.2, 0.25) is 0 Å². The van der Waals surface area contributed by atoms with Gasteiger partial charge in [-0.15, -0.1) is 0 Å². The van der Waals surface area contributed by atoms with Gasteiger partial charge in [-0.1, -0.05) is 42.5 Å². The molecule has 2 unspecified atom stereocenters. The molecule has 5 rings (SSSR count). The third-order valence-corrected chi connectivity index (χ3v) is 6.62. The van der Waals surface area contributed by atoms with Crippen LogP contribution in [0.5, 0.6) is 11.5 Å².